The van der Waals surface area contributed by atoms with E-state index in [1.54, 1.807) is 5.01 Å². The summed E-state index contributed by atoms with van der Waals surface area (Å²) >= 11 is 0. The molecule has 3 heteroatoms. The molecular formula is C7H7N3. The smallest absolute Gasteiger partial charge is 0.231 e. The van der Waals surface area contributed by atoms with Gasteiger partial charge in [0.05, 0.1) is 0 Å². The third-order valence-electron chi connectivity index (χ3n) is 1.34. The van der Waals surface area contributed by atoms with Crippen LogP contribution in [0, 0.1) is 6.67 Å². The van der Waals surface area contributed by atoms with Crippen molar-refractivity contribution in [2.24, 2.45) is 5.10 Å². The molecule has 0 spiro atoms. The third kappa shape index (κ3) is 0.708. The topological polar surface area (TPSA) is 18.8 Å². The van der Waals surface area contributed by atoms with Crippen LogP contribution >= 0.6 is 0 Å². The van der Waals surface area contributed by atoms with Gasteiger partial charge < -0.3 is 0 Å². The van der Waals surface area contributed by atoms with Crippen molar-refractivity contribution in [1.82, 2.24) is 9.91 Å². The molecule has 10 heavy (non-hydrogen) atoms. The van der Waals surface area contributed by atoms with Crippen LogP contribution in [0.15, 0.2) is 29.5 Å². The molecule has 0 saturated carbocycles. The number of fused-ring (bicyclic) bond motifs is 1. The van der Waals surface area contributed by atoms with Gasteiger partial charge in [0.15, 0.2) is 5.84 Å². The monoisotopic (exact) mass is 133 g/mol. The molecule has 0 aromatic rings. The Bertz CT molecular complexity index is 227. The molecule has 0 N–H and O–H groups in total. The normalized spacial score (nSPS) is 21.5. The molecule has 2 heterocycles. The molecule has 2 aliphatic rings. The summed E-state index contributed by atoms with van der Waals surface area (Å²) in [5, 5.41) is 5.80. The molecule has 0 atom stereocenters. The van der Waals surface area contributed by atoms with Crippen molar-refractivity contribution < 1.29 is 0 Å². The molecule has 50 valence electrons. The van der Waals surface area contributed by atoms with Gasteiger partial charge in [0.25, 0.3) is 0 Å². The summed E-state index contributed by atoms with van der Waals surface area (Å²) in [6.07, 6.45) is 7.76. The van der Waals surface area contributed by atoms with Gasteiger partial charge in [-0.05, 0) is 12.2 Å². The van der Waals surface area contributed by atoms with E-state index in [2.05, 4.69) is 11.8 Å². The van der Waals surface area contributed by atoms with Crippen LogP contribution in [-0.2, 0) is 0 Å². The van der Waals surface area contributed by atoms with Gasteiger partial charge in [-0.2, -0.15) is 5.10 Å². The van der Waals surface area contributed by atoms with E-state index in [0.29, 0.717) is 0 Å². The van der Waals surface area contributed by atoms with Crippen LogP contribution < -0.4 is 0 Å². The second-order valence-electron chi connectivity index (χ2n) is 2.15. The molecule has 2 aliphatic heterocycles. The summed E-state index contributed by atoms with van der Waals surface area (Å²) in [6.45, 7) is 2.98. The van der Waals surface area contributed by atoms with Gasteiger partial charge in [0.2, 0.25) is 6.67 Å². The minimum atomic E-state index is 0.921. The van der Waals surface area contributed by atoms with E-state index in [1.807, 2.05) is 36.4 Å². The minimum Gasteiger partial charge on any atom is -0.299 e. The maximum Gasteiger partial charge on any atom is 0.231 e. The summed E-state index contributed by atoms with van der Waals surface area (Å²) in [5.41, 5.74) is 0. The number of hydrazone groups is 1. The van der Waals surface area contributed by atoms with E-state index >= 15 is 0 Å². The van der Waals surface area contributed by atoms with Crippen molar-refractivity contribution in [2.45, 2.75) is 0 Å². The Balaban J connectivity index is 2.29. The number of allylic oxidation sites excluding steroid dienone is 2. The molecule has 0 fully saturated rings. The van der Waals surface area contributed by atoms with E-state index in [0.717, 1.165) is 5.84 Å². The van der Waals surface area contributed by atoms with Gasteiger partial charge in [0.1, 0.15) is 0 Å². The summed E-state index contributed by atoms with van der Waals surface area (Å²) < 4.78 is 0. The van der Waals surface area contributed by atoms with Crippen molar-refractivity contribution in [3.63, 3.8) is 0 Å². The van der Waals surface area contributed by atoms with Crippen molar-refractivity contribution >= 4 is 5.84 Å². The van der Waals surface area contributed by atoms with E-state index in [-0.39, 0.29) is 0 Å². The molecule has 0 aliphatic carbocycles. The van der Waals surface area contributed by atoms with Gasteiger partial charge >= 0.3 is 0 Å². The second-order valence-corrected chi connectivity index (χ2v) is 2.15. The van der Waals surface area contributed by atoms with Crippen LogP contribution in [0.2, 0.25) is 0 Å². The van der Waals surface area contributed by atoms with Crippen molar-refractivity contribution in [3.05, 3.63) is 31.1 Å². The Morgan fingerprint density at radius 1 is 1.50 bits per heavy atom. The van der Waals surface area contributed by atoms with Gasteiger partial charge in [-0.25, -0.2) is 0 Å². The zero-order valence-corrected chi connectivity index (χ0v) is 5.65. The fourth-order valence-electron chi connectivity index (χ4n) is 0.932. The van der Waals surface area contributed by atoms with Crippen LogP contribution in [0.1, 0.15) is 0 Å². The highest BCUT2D eigenvalue weighted by atomic mass is 15.6. The van der Waals surface area contributed by atoms with Crippen LogP contribution in [0.3, 0.4) is 0 Å². The van der Waals surface area contributed by atoms with Crippen molar-refractivity contribution in [3.8, 4) is 0 Å². The molecule has 2 radical (unpaired) electrons. The Morgan fingerprint density at radius 2 is 2.40 bits per heavy atom. The molecule has 0 aromatic carbocycles. The first-order chi connectivity index (χ1) is 4.86. The van der Waals surface area contributed by atoms with Crippen molar-refractivity contribution in [1.29, 1.82) is 0 Å². The summed E-state index contributed by atoms with van der Waals surface area (Å²) in [5.74, 6) is 0.921. The predicted octanol–water partition coefficient (Wildman–Crippen LogP) is 0.627. The van der Waals surface area contributed by atoms with Crippen LogP contribution in [-0.4, -0.2) is 22.8 Å². The quantitative estimate of drug-likeness (QED) is 0.482. The first-order valence-electron chi connectivity index (χ1n) is 3.09. The van der Waals surface area contributed by atoms with Gasteiger partial charge in [-0.3, -0.25) is 9.91 Å². The third-order valence-corrected chi connectivity index (χ3v) is 1.34. The average molecular weight is 133 g/mol. The van der Waals surface area contributed by atoms with Crippen LogP contribution in [0.4, 0.5) is 0 Å². The van der Waals surface area contributed by atoms with E-state index in [1.165, 1.54) is 0 Å². The highest BCUT2D eigenvalue weighted by molar-refractivity contribution is 5.96. The molecule has 0 unspecified atom stereocenters. The summed E-state index contributed by atoms with van der Waals surface area (Å²) in [7, 11) is 1.85. The lowest BCUT2D eigenvalue weighted by Crippen LogP contribution is -2.19. The van der Waals surface area contributed by atoms with Gasteiger partial charge in [-0.1, -0.05) is 6.08 Å². The fourth-order valence-corrected chi connectivity index (χ4v) is 0.932. The Morgan fingerprint density at radius 3 is 3.20 bits per heavy atom. The van der Waals surface area contributed by atoms with Crippen LogP contribution in [0.5, 0.6) is 0 Å². The molecule has 2 rings (SSSR count). The van der Waals surface area contributed by atoms with E-state index in [4.69, 9.17) is 0 Å². The number of amidine groups is 1. The molecule has 0 amide bonds. The Hall–Kier alpha value is -1.25. The molecule has 0 aromatic heterocycles. The average Bonchev–Trinajstić information content (AvgIpc) is 2.27. The van der Waals surface area contributed by atoms with Crippen LogP contribution in [0.25, 0.3) is 0 Å². The zero-order chi connectivity index (χ0) is 6.97. The summed E-state index contributed by atoms with van der Waals surface area (Å²) in [6, 6.07) is 0. The number of rotatable bonds is 0. The maximum absolute atomic E-state index is 4.14. The standard InChI is InChI=1S/C7H7N3/c1-9-6-10-5-3-2-4-7(10)8-9/h2-5H,1H3. The Kier molecular flexibility index (Phi) is 1.03. The van der Waals surface area contributed by atoms with Crippen molar-refractivity contribution in [2.75, 3.05) is 7.05 Å². The number of hydrogen-bond donors (Lipinski definition) is 0. The lowest BCUT2D eigenvalue weighted by molar-refractivity contribution is 0.400. The Labute approximate surface area is 59.9 Å². The highest BCUT2D eigenvalue weighted by Gasteiger charge is 2.18. The first kappa shape index (κ1) is 5.53. The molecule has 0 bridgehead atoms. The lowest BCUT2D eigenvalue weighted by Gasteiger charge is -2.11. The van der Waals surface area contributed by atoms with Gasteiger partial charge in [-0.15, -0.1) is 0 Å². The molecule has 3 nitrogen and oxygen atoms in total. The predicted molar refractivity (Wildman–Crippen MR) is 38.6 cm³/mol. The molecule has 0 saturated heterocycles. The second kappa shape index (κ2) is 1.87. The van der Waals surface area contributed by atoms with Gasteiger partial charge in [0, 0.05) is 13.2 Å². The largest absolute Gasteiger partial charge is 0.299 e. The zero-order valence-electron chi connectivity index (χ0n) is 5.65. The molecular weight excluding hydrogens is 126 g/mol. The maximum atomic E-state index is 4.14. The number of nitrogens with zero attached hydrogens (tertiary/aromatic N) is 3. The number of hydrogen-bond acceptors (Lipinski definition) is 3. The SMILES string of the molecule is CN1[C]N2C=CC=CC2=N1. The lowest BCUT2D eigenvalue weighted by atomic mass is 10.3. The first-order valence-corrected chi connectivity index (χ1v) is 3.09. The van der Waals surface area contributed by atoms with E-state index < -0.39 is 0 Å². The minimum absolute atomic E-state index is 0.921. The summed E-state index contributed by atoms with van der Waals surface area (Å²) in [4.78, 5) is 1.85. The fraction of sp³-hybridized carbons (Fsp3) is 0.143. The highest BCUT2D eigenvalue weighted by Crippen LogP contribution is 2.13. The van der Waals surface area contributed by atoms with E-state index in [9.17, 15) is 0 Å².